The number of thioether (sulfide) groups is 1. The Labute approximate surface area is 77.9 Å². The van der Waals surface area contributed by atoms with Crippen LogP contribution in [-0.4, -0.2) is 17.8 Å². The number of nitrogens with zero attached hydrogens (tertiary/aromatic N) is 1. The molecule has 0 fully saturated rings. The highest BCUT2D eigenvalue weighted by molar-refractivity contribution is 8.14. The molecule has 0 radical (unpaired) electrons. The standard InChI is InChI=1S/C10H13NS/c1-3-12-10(11-2)9-7-5-4-6-8-9/h4-8H,3H2,1-2H3. The van der Waals surface area contributed by atoms with Gasteiger partial charge in [0, 0.05) is 12.6 Å². The molecule has 1 rings (SSSR count). The summed E-state index contributed by atoms with van der Waals surface area (Å²) < 4.78 is 0. The van der Waals surface area contributed by atoms with Gasteiger partial charge in [-0.25, -0.2) is 0 Å². The van der Waals surface area contributed by atoms with Crippen LogP contribution in [0.5, 0.6) is 0 Å². The Hall–Kier alpha value is -0.760. The maximum Gasteiger partial charge on any atom is 0.0973 e. The maximum absolute atomic E-state index is 4.23. The first-order chi connectivity index (χ1) is 5.88. The number of hydrogen-bond acceptors (Lipinski definition) is 2. The number of hydrogen-bond donors (Lipinski definition) is 0. The van der Waals surface area contributed by atoms with Crippen LogP contribution in [0.3, 0.4) is 0 Å². The third kappa shape index (κ3) is 2.38. The van der Waals surface area contributed by atoms with Crippen molar-refractivity contribution >= 4 is 16.8 Å². The van der Waals surface area contributed by atoms with Gasteiger partial charge in [0.1, 0.15) is 0 Å². The van der Waals surface area contributed by atoms with Crippen molar-refractivity contribution in [1.29, 1.82) is 0 Å². The molecular formula is C10H13NS. The molecule has 12 heavy (non-hydrogen) atoms. The van der Waals surface area contributed by atoms with E-state index in [0.29, 0.717) is 0 Å². The van der Waals surface area contributed by atoms with E-state index in [-0.39, 0.29) is 0 Å². The molecule has 0 saturated carbocycles. The largest absolute Gasteiger partial charge is 0.281 e. The lowest BCUT2D eigenvalue weighted by Crippen LogP contribution is -1.94. The number of rotatable bonds is 2. The molecule has 1 aromatic carbocycles. The zero-order chi connectivity index (χ0) is 8.81. The SMILES string of the molecule is CCSC(=NC)c1ccccc1. The van der Waals surface area contributed by atoms with E-state index in [1.807, 2.05) is 25.2 Å². The van der Waals surface area contributed by atoms with Gasteiger partial charge in [-0.1, -0.05) is 37.3 Å². The smallest absolute Gasteiger partial charge is 0.0973 e. The van der Waals surface area contributed by atoms with Gasteiger partial charge < -0.3 is 0 Å². The van der Waals surface area contributed by atoms with E-state index in [4.69, 9.17) is 0 Å². The molecule has 0 saturated heterocycles. The van der Waals surface area contributed by atoms with E-state index < -0.39 is 0 Å². The Bertz CT molecular complexity index is 254. The van der Waals surface area contributed by atoms with Gasteiger partial charge in [-0.05, 0) is 5.75 Å². The van der Waals surface area contributed by atoms with Gasteiger partial charge in [-0.2, -0.15) is 0 Å². The fraction of sp³-hybridized carbons (Fsp3) is 0.300. The fourth-order valence-electron chi connectivity index (χ4n) is 0.994. The lowest BCUT2D eigenvalue weighted by Gasteiger charge is -2.02. The first kappa shape index (κ1) is 9.33. The van der Waals surface area contributed by atoms with Crippen LogP contribution in [0.2, 0.25) is 0 Å². The Kier molecular flexibility index (Phi) is 3.88. The third-order valence-corrected chi connectivity index (χ3v) is 2.49. The highest BCUT2D eigenvalue weighted by Crippen LogP contribution is 2.12. The van der Waals surface area contributed by atoms with Crippen molar-refractivity contribution in [2.24, 2.45) is 4.99 Å². The van der Waals surface area contributed by atoms with Crippen molar-refractivity contribution in [2.75, 3.05) is 12.8 Å². The summed E-state index contributed by atoms with van der Waals surface area (Å²) in [5.74, 6) is 1.07. The quantitative estimate of drug-likeness (QED) is 0.502. The monoisotopic (exact) mass is 179 g/mol. The second-order valence-electron chi connectivity index (χ2n) is 2.33. The van der Waals surface area contributed by atoms with Crippen LogP contribution in [0.15, 0.2) is 35.3 Å². The molecule has 0 heterocycles. The lowest BCUT2D eigenvalue weighted by atomic mass is 10.2. The van der Waals surface area contributed by atoms with E-state index in [1.165, 1.54) is 5.56 Å². The Balaban J connectivity index is 2.82. The molecule has 0 aromatic heterocycles. The maximum atomic E-state index is 4.23. The van der Waals surface area contributed by atoms with Gasteiger partial charge in [0.15, 0.2) is 0 Å². The molecule has 0 amide bonds. The molecule has 0 N–H and O–H groups in total. The summed E-state index contributed by atoms with van der Waals surface area (Å²) in [6.45, 7) is 2.14. The number of aliphatic imine (C=N–C) groups is 1. The summed E-state index contributed by atoms with van der Waals surface area (Å²) in [5, 5.41) is 1.12. The molecule has 0 unspecified atom stereocenters. The van der Waals surface area contributed by atoms with Crippen molar-refractivity contribution in [3.8, 4) is 0 Å². The average Bonchev–Trinajstić information content (AvgIpc) is 2.15. The van der Waals surface area contributed by atoms with Crippen molar-refractivity contribution in [1.82, 2.24) is 0 Å². The van der Waals surface area contributed by atoms with E-state index in [0.717, 1.165) is 10.8 Å². The predicted molar refractivity (Wildman–Crippen MR) is 57.0 cm³/mol. The lowest BCUT2D eigenvalue weighted by molar-refractivity contribution is 1.45. The highest BCUT2D eigenvalue weighted by atomic mass is 32.2. The van der Waals surface area contributed by atoms with Crippen LogP contribution in [0, 0.1) is 0 Å². The summed E-state index contributed by atoms with van der Waals surface area (Å²) in [5.41, 5.74) is 1.21. The minimum absolute atomic E-state index is 1.07. The highest BCUT2D eigenvalue weighted by Gasteiger charge is 1.99. The van der Waals surface area contributed by atoms with Gasteiger partial charge in [0.2, 0.25) is 0 Å². The minimum atomic E-state index is 1.07. The van der Waals surface area contributed by atoms with E-state index in [2.05, 4.69) is 24.0 Å². The molecule has 0 spiro atoms. The predicted octanol–water partition coefficient (Wildman–Crippen LogP) is 2.82. The molecular weight excluding hydrogens is 166 g/mol. The second-order valence-corrected chi connectivity index (χ2v) is 3.58. The molecule has 0 bridgehead atoms. The Morgan fingerprint density at radius 1 is 1.33 bits per heavy atom. The summed E-state index contributed by atoms with van der Waals surface area (Å²) in [6, 6.07) is 10.3. The van der Waals surface area contributed by atoms with Crippen LogP contribution in [0.1, 0.15) is 12.5 Å². The van der Waals surface area contributed by atoms with Gasteiger partial charge in [-0.3, -0.25) is 4.99 Å². The Morgan fingerprint density at radius 3 is 2.50 bits per heavy atom. The number of benzene rings is 1. The van der Waals surface area contributed by atoms with Crippen molar-refractivity contribution in [3.63, 3.8) is 0 Å². The zero-order valence-electron chi connectivity index (χ0n) is 7.45. The summed E-state index contributed by atoms with van der Waals surface area (Å²) >= 11 is 1.78. The van der Waals surface area contributed by atoms with Crippen molar-refractivity contribution < 1.29 is 0 Å². The van der Waals surface area contributed by atoms with Crippen molar-refractivity contribution in [3.05, 3.63) is 35.9 Å². The van der Waals surface area contributed by atoms with E-state index in [9.17, 15) is 0 Å². The first-order valence-electron chi connectivity index (χ1n) is 4.03. The van der Waals surface area contributed by atoms with Crippen LogP contribution in [0.4, 0.5) is 0 Å². The van der Waals surface area contributed by atoms with Crippen LogP contribution in [-0.2, 0) is 0 Å². The molecule has 0 aliphatic rings. The van der Waals surface area contributed by atoms with Crippen LogP contribution >= 0.6 is 11.8 Å². The molecule has 0 aliphatic carbocycles. The molecule has 1 aromatic rings. The average molecular weight is 179 g/mol. The van der Waals surface area contributed by atoms with Gasteiger partial charge in [-0.15, -0.1) is 11.8 Å². The van der Waals surface area contributed by atoms with Crippen LogP contribution in [0.25, 0.3) is 0 Å². The van der Waals surface area contributed by atoms with Crippen LogP contribution < -0.4 is 0 Å². The fourth-order valence-corrected chi connectivity index (χ4v) is 1.70. The summed E-state index contributed by atoms with van der Waals surface area (Å²) in [6.07, 6.45) is 0. The van der Waals surface area contributed by atoms with Gasteiger partial charge in [0.05, 0.1) is 5.04 Å². The molecule has 0 atom stereocenters. The molecule has 0 aliphatic heterocycles. The molecule has 1 nitrogen and oxygen atoms in total. The zero-order valence-corrected chi connectivity index (χ0v) is 8.27. The molecule has 64 valence electrons. The van der Waals surface area contributed by atoms with Gasteiger partial charge in [0.25, 0.3) is 0 Å². The van der Waals surface area contributed by atoms with E-state index >= 15 is 0 Å². The second kappa shape index (κ2) is 4.99. The minimum Gasteiger partial charge on any atom is -0.281 e. The molecule has 2 heteroatoms. The topological polar surface area (TPSA) is 12.4 Å². The first-order valence-corrected chi connectivity index (χ1v) is 5.02. The third-order valence-electron chi connectivity index (χ3n) is 1.50. The van der Waals surface area contributed by atoms with Gasteiger partial charge >= 0.3 is 0 Å². The normalized spacial score (nSPS) is 11.7. The van der Waals surface area contributed by atoms with Crippen molar-refractivity contribution in [2.45, 2.75) is 6.92 Å². The Morgan fingerprint density at radius 2 is 2.00 bits per heavy atom. The van der Waals surface area contributed by atoms with E-state index in [1.54, 1.807) is 11.8 Å². The summed E-state index contributed by atoms with van der Waals surface area (Å²) in [7, 11) is 1.84. The summed E-state index contributed by atoms with van der Waals surface area (Å²) in [4.78, 5) is 4.23.